The molecule has 4 nitrogen and oxygen atoms in total. The third-order valence-corrected chi connectivity index (χ3v) is 4.70. The molecule has 0 bridgehead atoms. The normalized spacial score (nSPS) is 11.0. The van der Waals surface area contributed by atoms with E-state index in [0.717, 1.165) is 48.6 Å². The summed E-state index contributed by atoms with van der Waals surface area (Å²) in [5, 5.41) is 1.29. The van der Waals surface area contributed by atoms with Gasteiger partial charge in [-0.3, -0.25) is 0 Å². The Morgan fingerprint density at radius 2 is 1.80 bits per heavy atom. The highest BCUT2D eigenvalue weighted by molar-refractivity contribution is 5.93. The van der Waals surface area contributed by atoms with Crippen molar-refractivity contribution in [3.05, 3.63) is 47.5 Å². The first-order chi connectivity index (χ1) is 12.2. The van der Waals surface area contributed by atoms with E-state index in [1.807, 2.05) is 12.1 Å². The van der Waals surface area contributed by atoms with Crippen LogP contribution in [0.5, 0.6) is 11.5 Å². The summed E-state index contributed by atoms with van der Waals surface area (Å²) in [6.45, 7) is 2.87. The molecular weight excluding hydrogens is 312 g/mol. The molecule has 0 saturated carbocycles. The molecule has 0 atom stereocenters. The maximum absolute atomic E-state index is 5.69. The second kappa shape index (κ2) is 7.62. The lowest BCUT2D eigenvalue weighted by molar-refractivity contribution is 0.355. The number of benzene rings is 2. The lowest BCUT2D eigenvalue weighted by atomic mass is 9.99. The molecule has 0 aliphatic rings. The second-order valence-electron chi connectivity index (χ2n) is 6.29. The average Bonchev–Trinajstić information content (AvgIpc) is 3.01. The van der Waals surface area contributed by atoms with Crippen LogP contribution in [0.15, 0.2) is 36.4 Å². The summed E-state index contributed by atoms with van der Waals surface area (Å²) in [7, 11) is 3.32. The first kappa shape index (κ1) is 17.4. The third kappa shape index (κ3) is 3.35. The van der Waals surface area contributed by atoms with Gasteiger partial charge in [0.05, 0.1) is 14.2 Å². The van der Waals surface area contributed by atoms with E-state index in [2.05, 4.69) is 36.2 Å². The molecule has 0 unspecified atom stereocenters. The number of aromatic nitrogens is 1. The van der Waals surface area contributed by atoms with E-state index in [0.29, 0.717) is 0 Å². The molecule has 0 saturated heterocycles. The Labute approximate surface area is 149 Å². The molecule has 0 aliphatic heterocycles. The van der Waals surface area contributed by atoms with Crippen LogP contribution in [-0.4, -0.2) is 25.7 Å². The second-order valence-corrected chi connectivity index (χ2v) is 6.29. The van der Waals surface area contributed by atoms with Crippen LogP contribution in [0.3, 0.4) is 0 Å². The Morgan fingerprint density at radius 3 is 2.52 bits per heavy atom. The zero-order valence-electron chi connectivity index (χ0n) is 15.2. The zero-order valence-corrected chi connectivity index (χ0v) is 15.2. The van der Waals surface area contributed by atoms with Gasteiger partial charge in [0.1, 0.15) is 0 Å². The monoisotopic (exact) mass is 338 g/mol. The Balaban J connectivity index is 2.14. The fraction of sp³-hybridized carbons (Fsp3) is 0.333. The van der Waals surface area contributed by atoms with E-state index in [1.165, 1.54) is 22.0 Å². The van der Waals surface area contributed by atoms with Crippen LogP contribution < -0.4 is 15.2 Å². The minimum Gasteiger partial charge on any atom is -0.493 e. The van der Waals surface area contributed by atoms with Crippen LogP contribution in [0.4, 0.5) is 0 Å². The number of hydrogen-bond acceptors (Lipinski definition) is 3. The van der Waals surface area contributed by atoms with Gasteiger partial charge >= 0.3 is 0 Å². The first-order valence-electron chi connectivity index (χ1n) is 8.72. The number of fused-ring (bicyclic) bond motifs is 1. The smallest absolute Gasteiger partial charge is 0.161 e. The summed E-state index contributed by atoms with van der Waals surface area (Å²) in [5.41, 5.74) is 11.8. The number of unbranched alkanes of at least 4 members (excludes halogenated alkanes) is 1. The van der Waals surface area contributed by atoms with Crippen molar-refractivity contribution in [2.24, 2.45) is 5.73 Å². The molecule has 0 amide bonds. The molecule has 132 valence electrons. The number of aryl methyl sites for hydroxylation is 2. The average molecular weight is 338 g/mol. The van der Waals surface area contributed by atoms with Crippen LogP contribution in [0.25, 0.3) is 22.2 Å². The molecule has 25 heavy (non-hydrogen) atoms. The van der Waals surface area contributed by atoms with Crippen LogP contribution in [0.2, 0.25) is 0 Å². The number of ether oxygens (including phenoxy) is 2. The van der Waals surface area contributed by atoms with Gasteiger partial charge < -0.3 is 20.2 Å². The first-order valence-corrected chi connectivity index (χ1v) is 8.72. The van der Waals surface area contributed by atoms with E-state index in [1.54, 1.807) is 14.2 Å². The van der Waals surface area contributed by atoms with Gasteiger partial charge in [0.15, 0.2) is 11.5 Å². The number of methoxy groups -OCH3 is 2. The molecule has 1 aromatic heterocycles. The molecule has 3 rings (SSSR count). The van der Waals surface area contributed by atoms with E-state index in [9.17, 15) is 0 Å². The van der Waals surface area contributed by atoms with Gasteiger partial charge in [-0.15, -0.1) is 0 Å². The number of nitrogens with two attached hydrogens (primary N) is 1. The highest BCUT2D eigenvalue weighted by Crippen LogP contribution is 2.37. The van der Waals surface area contributed by atoms with Gasteiger partial charge in [-0.1, -0.05) is 18.2 Å². The van der Waals surface area contributed by atoms with Crippen LogP contribution in [0.1, 0.15) is 24.0 Å². The van der Waals surface area contributed by atoms with Crippen molar-refractivity contribution in [1.82, 2.24) is 4.98 Å². The topological polar surface area (TPSA) is 60.3 Å². The largest absolute Gasteiger partial charge is 0.493 e. The van der Waals surface area contributed by atoms with Crippen LogP contribution in [-0.2, 0) is 6.42 Å². The number of aromatic amines is 1. The Kier molecular flexibility index (Phi) is 5.29. The SMILES string of the molecule is COc1ccc(-c2[nH]c3c(C)cccc3c2CCCCN)cc1OC. The number of rotatable bonds is 7. The summed E-state index contributed by atoms with van der Waals surface area (Å²) in [5.74, 6) is 1.48. The van der Waals surface area contributed by atoms with Gasteiger partial charge in [-0.2, -0.15) is 0 Å². The quantitative estimate of drug-likeness (QED) is 0.626. The molecule has 3 aromatic rings. The van der Waals surface area contributed by atoms with Crippen LogP contribution in [0, 0.1) is 6.92 Å². The lowest BCUT2D eigenvalue weighted by Gasteiger charge is -2.10. The zero-order chi connectivity index (χ0) is 17.8. The summed E-state index contributed by atoms with van der Waals surface area (Å²) < 4.78 is 10.8. The molecule has 3 N–H and O–H groups in total. The van der Waals surface area contributed by atoms with Gasteiger partial charge in [-0.25, -0.2) is 0 Å². The number of nitrogens with one attached hydrogen (secondary N) is 1. The predicted octanol–water partition coefficient (Wildman–Crippen LogP) is 4.44. The molecular formula is C21H26N2O2. The predicted molar refractivity (Wildman–Crippen MR) is 104 cm³/mol. The fourth-order valence-corrected chi connectivity index (χ4v) is 3.36. The van der Waals surface area contributed by atoms with E-state index in [-0.39, 0.29) is 0 Å². The van der Waals surface area contributed by atoms with Crippen LogP contribution >= 0.6 is 0 Å². The third-order valence-electron chi connectivity index (χ3n) is 4.70. The van der Waals surface area contributed by atoms with E-state index < -0.39 is 0 Å². The van der Waals surface area contributed by atoms with Crippen molar-refractivity contribution in [1.29, 1.82) is 0 Å². The molecule has 1 heterocycles. The van der Waals surface area contributed by atoms with Gasteiger partial charge in [0.2, 0.25) is 0 Å². The summed E-state index contributed by atoms with van der Waals surface area (Å²) >= 11 is 0. The Morgan fingerprint density at radius 1 is 1.00 bits per heavy atom. The van der Waals surface area contributed by atoms with Crippen molar-refractivity contribution in [3.8, 4) is 22.8 Å². The molecule has 0 fully saturated rings. The van der Waals surface area contributed by atoms with Gasteiger partial charge in [-0.05, 0) is 62.1 Å². The highest BCUT2D eigenvalue weighted by atomic mass is 16.5. The van der Waals surface area contributed by atoms with Crippen molar-refractivity contribution in [2.75, 3.05) is 20.8 Å². The molecule has 0 spiro atoms. The molecule has 0 radical (unpaired) electrons. The van der Waals surface area contributed by atoms with Crippen molar-refractivity contribution < 1.29 is 9.47 Å². The summed E-state index contributed by atoms with van der Waals surface area (Å²) in [6, 6.07) is 12.5. The fourth-order valence-electron chi connectivity index (χ4n) is 3.36. The van der Waals surface area contributed by atoms with Crippen molar-refractivity contribution >= 4 is 10.9 Å². The molecule has 0 aliphatic carbocycles. The number of para-hydroxylation sites is 1. The van der Waals surface area contributed by atoms with E-state index >= 15 is 0 Å². The number of H-pyrrole nitrogens is 1. The van der Waals surface area contributed by atoms with Gasteiger partial charge in [0, 0.05) is 22.2 Å². The van der Waals surface area contributed by atoms with E-state index in [4.69, 9.17) is 15.2 Å². The summed E-state index contributed by atoms with van der Waals surface area (Å²) in [4.78, 5) is 3.64. The maximum Gasteiger partial charge on any atom is 0.161 e. The maximum atomic E-state index is 5.69. The summed E-state index contributed by atoms with van der Waals surface area (Å²) in [6.07, 6.45) is 3.12. The molecule has 4 heteroatoms. The van der Waals surface area contributed by atoms with Gasteiger partial charge in [0.25, 0.3) is 0 Å². The minimum absolute atomic E-state index is 0.729. The van der Waals surface area contributed by atoms with Crippen molar-refractivity contribution in [3.63, 3.8) is 0 Å². The highest BCUT2D eigenvalue weighted by Gasteiger charge is 2.15. The van der Waals surface area contributed by atoms with Crippen molar-refractivity contribution in [2.45, 2.75) is 26.2 Å². The minimum atomic E-state index is 0.729. The lowest BCUT2D eigenvalue weighted by Crippen LogP contribution is -1.99. The standard InChI is InChI=1S/C21H26N2O2/c1-14-7-6-9-16-17(8-4-5-12-22)21(23-20(14)16)15-10-11-18(24-2)19(13-15)25-3/h6-7,9-11,13,23H,4-5,8,12,22H2,1-3H3. The Hall–Kier alpha value is -2.46. The Bertz CT molecular complexity index is 868. The molecule has 2 aromatic carbocycles. The number of hydrogen-bond donors (Lipinski definition) is 2.